The predicted molar refractivity (Wildman–Crippen MR) is 50.0 cm³/mol. The number of hydrogen-bond donors (Lipinski definition) is 0. The molecule has 0 atom stereocenters. The first kappa shape index (κ1) is 9.36. The minimum Gasteiger partial charge on any atom is -0.399 e. The molecule has 63 valence electrons. The van der Waals surface area contributed by atoms with Gasteiger partial charge in [0.05, 0.1) is 5.02 Å². The molecule has 0 heterocycles. The Balaban J connectivity index is 2.94. The maximum Gasteiger partial charge on any atom is 0.141 e. The highest BCUT2D eigenvalue weighted by Gasteiger charge is 1.98. The van der Waals surface area contributed by atoms with Crippen molar-refractivity contribution in [1.29, 1.82) is 0 Å². The first-order chi connectivity index (χ1) is 5.74. The van der Waals surface area contributed by atoms with Crippen molar-refractivity contribution in [3.63, 3.8) is 0 Å². The first-order valence-electron chi connectivity index (χ1n) is 3.18. The summed E-state index contributed by atoms with van der Waals surface area (Å²) in [6.07, 6.45) is 2.60. The zero-order valence-electron chi connectivity index (χ0n) is 6.34. The summed E-state index contributed by atoms with van der Waals surface area (Å²) >= 11 is 11.5. The first-order valence-corrected chi connectivity index (χ1v) is 3.94. The largest absolute Gasteiger partial charge is 0.399 e. The monoisotopic (exact) mass is 202 g/mol. The summed E-state index contributed by atoms with van der Waals surface area (Å²) in [5.74, 6) is 0. The van der Waals surface area contributed by atoms with Gasteiger partial charge in [-0.15, -0.1) is 0 Å². The SMILES string of the molecule is CO/N=[C]\c1ccc(Cl)cc1Cl. The van der Waals surface area contributed by atoms with Crippen LogP contribution >= 0.6 is 23.2 Å². The Morgan fingerprint density at radius 3 is 2.75 bits per heavy atom. The fourth-order valence-electron chi connectivity index (χ4n) is 0.675. The minimum absolute atomic E-state index is 0.503. The van der Waals surface area contributed by atoms with Gasteiger partial charge in [-0.2, -0.15) is 0 Å². The molecule has 0 amide bonds. The van der Waals surface area contributed by atoms with E-state index in [0.29, 0.717) is 15.6 Å². The molecule has 0 saturated heterocycles. The Morgan fingerprint density at radius 1 is 1.42 bits per heavy atom. The molecule has 0 saturated carbocycles. The van der Waals surface area contributed by atoms with Gasteiger partial charge < -0.3 is 4.84 Å². The molecule has 0 aliphatic rings. The Bertz CT molecular complexity index is 299. The van der Waals surface area contributed by atoms with Crippen molar-refractivity contribution in [2.24, 2.45) is 5.16 Å². The summed E-state index contributed by atoms with van der Waals surface area (Å²) in [4.78, 5) is 4.45. The number of hydrogen-bond acceptors (Lipinski definition) is 2. The lowest BCUT2D eigenvalue weighted by Gasteiger charge is -1.95. The summed E-state index contributed by atoms with van der Waals surface area (Å²) in [7, 11) is 1.44. The van der Waals surface area contributed by atoms with Crippen LogP contribution in [0.5, 0.6) is 0 Å². The third-order valence-electron chi connectivity index (χ3n) is 1.19. The van der Waals surface area contributed by atoms with Gasteiger partial charge >= 0.3 is 0 Å². The van der Waals surface area contributed by atoms with Gasteiger partial charge in [-0.05, 0) is 18.2 Å². The van der Waals surface area contributed by atoms with E-state index in [1.54, 1.807) is 18.2 Å². The van der Waals surface area contributed by atoms with Crippen LogP contribution in [-0.2, 0) is 4.84 Å². The van der Waals surface area contributed by atoms with Gasteiger partial charge in [0.2, 0.25) is 0 Å². The van der Waals surface area contributed by atoms with Crippen LogP contribution in [0, 0.1) is 0 Å². The normalized spacial score (nSPS) is 10.6. The molecule has 0 aliphatic carbocycles. The highest BCUT2D eigenvalue weighted by Crippen LogP contribution is 2.19. The second-order valence-corrected chi connectivity index (χ2v) is 2.85. The molecule has 1 radical (unpaired) electrons. The fraction of sp³-hybridized carbons (Fsp3) is 0.125. The molecule has 1 aromatic carbocycles. The van der Waals surface area contributed by atoms with E-state index in [2.05, 4.69) is 16.2 Å². The third kappa shape index (κ3) is 2.40. The average molecular weight is 203 g/mol. The van der Waals surface area contributed by atoms with Crippen LogP contribution in [0.1, 0.15) is 5.56 Å². The molecule has 4 heteroatoms. The lowest BCUT2D eigenvalue weighted by molar-refractivity contribution is 0.215. The third-order valence-corrected chi connectivity index (χ3v) is 1.74. The molecule has 1 rings (SSSR count). The van der Waals surface area contributed by atoms with Crippen LogP contribution in [0.3, 0.4) is 0 Å². The van der Waals surface area contributed by atoms with E-state index in [-0.39, 0.29) is 0 Å². The van der Waals surface area contributed by atoms with Crippen molar-refractivity contribution < 1.29 is 4.84 Å². The standard InChI is InChI=1S/C8H6Cl2NO/c1-12-11-5-6-2-3-7(9)4-8(6)10/h2-4H,1H3. The highest BCUT2D eigenvalue weighted by atomic mass is 35.5. The summed E-state index contributed by atoms with van der Waals surface area (Å²) in [5, 5.41) is 4.54. The molecule has 12 heavy (non-hydrogen) atoms. The van der Waals surface area contributed by atoms with Crippen LogP contribution in [0.15, 0.2) is 23.4 Å². The predicted octanol–water partition coefficient (Wildman–Crippen LogP) is 2.85. The van der Waals surface area contributed by atoms with Gasteiger partial charge in [-0.3, -0.25) is 0 Å². The number of benzene rings is 1. The van der Waals surface area contributed by atoms with E-state index in [4.69, 9.17) is 23.2 Å². The van der Waals surface area contributed by atoms with Gasteiger partial charge in [0, 0.05) is 10.6 Å². The maximum atomic E-state index is 5.80. The number of nitrogens with zero attached hydrogens (tertiary/aromatic N) is 1. The zero-order valence-corrected chi connectivity index (χ0v) is 7.86. The Labute approximate surface area is 80.7 Å². The van der Waals surface area contributed by atoms with Crippen molar-refractivity contribution in [3.8, 4) is 0 Å². The Kier molecular flexibility index (Phi) is 3.38. The smallest absolute Gasteiger partial charge is 0.141 e. The van der Waals surface area contributed by atoms with Gasteiger partial charge in [-0.25, -0.2) is 0 Å². The summed E-state index contributed by atoms with van der Waals surface area (Å²) < 4.78 is 0. The summed E-state index contributed by atoms with van der Waals surface area (Å²) in [5.41, 5.74) is 0.655. The van der Waals surface area contributed by atoms with Crippen molar-refractivity contribution in [3.05, 3.63) is 33.8 Å². The molecule has 0 N–H and O–H groups in total. The van der Waals surface area contributed by atoms with E-state index >= 15 is 0 Å². The van der Waals surface area contributed by atoms with Crippen LogP contribution < -0.4 is 0 Å². The molecule has 0 unspecified atom stereocenters. The molecule has 0 fully saturated rings. The Hall–Kier alpha value is -0.730. The highest BCUT2D eigenvalue weighted by molar-refractivity contribution is 6.36. The molecular formula is C8H6Cl2NO. The summed E-state index contributed by atoms with van der Waals surface area (Å²) in [6.45, 7) is 0. The number of halogens is 2. The lowest BCUT2D eigenvalue weighted by Crippen LogP contribution is -1.83. The molecule has 0 bridgehead atoms. The lowest BCUT2D eigenvalue weighted by atomic mass is 10.2. The van der Waals surface area contributed by atoms with E-state index in [1.807, 2.05) is 0 Å². The average Bonchev–Trinajstić information content (AvgIpc) is 2.03. The molecule has 0 spiro atoms. The van der Waals surface area contributed by atoms with Crippen molar-refractivity contribution in [2.75, 3.05) is 7.11 Å². The maximum absolute atomic E-state index is 5.80. The minimum atomic E-state index is 0.503. The van der Waals surface area contributed by atoms with Crippen molar-refractivity contribution in [2.45, 2.75) is 0 Å². The molecule has 1 aromatic rings. The van der Waals surface area contributed by atoms with E-state index < -0.39 is 0 Å². The van der Waals surface area contributed by atoms with Gasteiger partial charge in [-0.1, -0.05) is 28.4 Å². The fourth-order valence-corrected chi connectivity index (χ4v) is 1.13. The van der Waals surface area contributed by atoms with Gasteiger partial charge in [0.1, 0.15) is 13.3 Å². The van der Waals surface area contributed by atoms with Crippen LogP contribution in [0.4, 0.5) is 0 Å². The van der Waals surface area contributed by atoms with Gasteiger partial charge in [0.25, 0.3) is 0 Å². The molecular weight excluding hydrogens is 197 g/mol. The second kappa shape index (κ2) is 4.33. The van der Waals surface area contributed by atoms with Crippen LogP contribution in [0.25, 0.3) is 0 Å². The number of rotatable bonds is 2. The van der Waals surface area contributed by atoms with E-state index in [0.717, 1.165) is 0 Å². The zero-order chi connectivity index (χ0) is 8.97. The topological polar surface area (TPSA) is 21.6 Å². The van der Waals surface area contributed by atoms with Crippen LogP contribution in [-0.4, -0.2) is 13.3 Å². The second-order valence-electron chi connectivity index (χ2n) is 2.01. The van der Waals surface area contributed by atoms with Crippen LogP contribution in [0.2, 0.25) is 10.0 Å². The van der Waals surface area contributed by atoms with Crippen molar-refractivity contribution >= 4 is 29.4 Å². The van der Waals surface area contributed by atoms with Gasteiger partial charge in [0.15, 0.2) is 0 Å². The van der Waals surface area contributed by atoms with E-state index in [1.165, 1.54) is 7.11 Å². The quantitative estimate of drug-likeness (QED) is 0.534. The van der Waals surface area contributed by atoms with E-state index in [9.17, 15) is 0 Å². The van der Waals surface area contributed by atoms with Crippen molar-refractivity contribution in [1.82, 2.24) is 0 Å². The summed E-state index contributed by atoms with van der Waals surface area (Å²) in [6, 6.07) is 5.05. The Morgan fingerprint density at radius 2 is 2.17 bits per heavy atom. The molecule has 0 aliphatic heterocycles. The molecule has 0 aromatic heterocycles. The molecule has 2 nitrogen and oxygen atoms in total.